The molecular formula is C15H24N2O2. The Hall–Kier alpha value is -1.55. The summed E-state index contributed by atoms with van der Waals surface area (Å²) in [4.78, 5) is 11.4. The van der Waals surface area contributed by atoms with Crippen LogP contribution in [0.1, 0.15) is 26.3 Å². The minimum absolute atomic E-state index is 0.0432. The summed E-state index contributed by atoms with van der Waals surface area (Å²) >= 11 is 0. The number of hydrogen-bond donors (Lipinski definition) is 2. The van der Waals surface area contributed by atoms with Crippen molar-refractivity contribution in [2.24, 2.45) is 0 Å². The summed E-state index contributed by atoms with van der Waals surface area (Å²) in [5, 5.41) is 5.87. The topological polar surface area (TPSA) is 50.4 Å². The molecule has 1 amide bonds. The van der Waals surface area contributed by atoms with E-state index in [0.29, 0.717) is 13.1 Å². The van der Waals surface area contributed by atoms with Crippen molar-refractivity contribution in [2.45, 2.75) is 33.3 Å². The third-order valence-electron chi connectivity index (χ3n) is 2.57. The van der Waals surface area contributed by atoms with E-state index in [1.165, 1.54) is 5.56 Å². The lowest BCUT2D eigenvalue weighted by molar-refractivity contribution is -0.120. The van der Waals surface area contributed by atoms with Crippen molar-refractivity contribution in [1.82, 2.24) is 10.6 Å². The summed E-state index contributed by atoms with van der Waals surface area (Å²) in [6.07, 6.45) is 1.02. The number of ether oxygens (including phenoxy) is 1. The zero-order valence-corrected chi connectivity index (χ0v) is 12.0. The molecule has 1 rings (SSSR count). The Kier molecular flexibility index (Phi) is 6.97. The van der Waals surface area contributed by atoms with Crippen LogP contribution in [0.3, 0.4) is 0 Å². The van der Waals surface area contributed by atoms with E-state index in [-0.39, 0.29) is 12.0 Å². The number of likely N-dealkylation sites (N-methyl/N-ethyl adjacent to an activating group) is 1. The Morgan fingerprint density at radius 2 is 1.95 bits per heavy atom. The van der Waals surface area contributed by atoms with Crippen LogP contribution in [-0.2, 0) is 11.2 Å². The first-order valence-electron chi connectivity index (χ1n) is 6.84. The van der Waals surface area contributed by atoms with Crippen LogP contribution in [0.15, 0.2) is 24.3 Å². The highest BCUT2D eigenvalue weighted by atomic mass is 16.5. The molecule has 19 heavy (non-hydrogen) atoms. The maximum atomic E-state index is 11.4. The minimum Gasteiger partial charge on any atom is -0.491 e. The fourth-order valence-corrected chi connectivity index (χ4v) is 1.65. The van der Waals surface area contributed by atoms with Crippen LogP contribution >= 0.6 is 0 Å². The van der Waals surface area contributed by atoms with Gasteiger partial charge in [0.2, 0.25) is 5.91 Å². The Bertz CT molecular complexity index is 374. The lowest BCUT2D eigenvalue weighted by Gasteiger charge is -2.10. The van der Waals surface area contributed by atoms with E-state index in [9.17, 15) is 4.79 Å². The van der Waals surface area contributed by atoms with E-state index in [1.807, 2.05) is 45.0 Å². The number of amides is 1. The third kappa shape index (κ3) is 6.82. The molecule has 0 bridgehead atoms. The summed E-state index contributed by atoms with van der Waals surface area (Å²) < 4.78 is 5.58. The van der Waals surface area contributed by atoms with Gasteiger partial charge in [0.25, 0.3) is 0 Å². The highest BCUT2D eigenvalue weighted by Gasteiger charge is 2.00. The van der Waals surface area contributed by atoms with Crippen LogP contribution in [0.25, 0.3) is 0 Å². The van der Waals surface area contributed by atoms with Crippen molar-refractivity contribution >= 4 is 5.91 Å². The predicted molar refractivity (Wildman–Crippen MR) is 77.5 cm³/mol. The molecule has 106 valence electrons. The highest BCUT2D eigenvalue weighted by Crippen LogP contribution is 2.13. The molecule has 0 saturated carbocycles. The van der Waals surface area contributed by atoms with Gasteiger partial charge < -0.3 is 15.4 Å². The van der Waals surface area contributed by atoms with Gasteiger partial charge in [-0.2, -0.15) is 0 Å². The van der Waals surface area contributed by atoms with Crippen LogP contribution in [-0.4, -0.2) is 31.6 Å². The van der Waals surface area contributed by atoms with Gasteiger partial charge >= 0.3 is 0 Å². The van der Waals surface area contributed by atoms with Gasteiger partial charge in [-0.25, -0.2) is 0 Å². The van der Waals surface area contributed by atoms with Gasteiger partial charge in [0.05, 0.1) is 12.6 Å². The normalized spacial score (nSPS) is 10.5. The van der Waals surface area contributed by atoms with Crippen molar-refractivity contribution in [3.8, 4) is 5.75 Å². The fourth-order valence-electron chi connectivity index (χ4n) is 1.65. The second kappa shape index (κ2) is 8.53. The molecule has 2 N–H and O–H groups in total. The summed E-state index contributed by atoms with van der Waals surface area (Å²) in [6, 6.07) is 8.01. The zero-order chi connectivity index (χ0) is 14.1. The maximum Gasteiger partial charge on any atom is 0.233 e. The summed E-state index contributed by atoms with van der Waals surface area (Å²) in [5.41, 5.74) is 1.19. The van der Waals surface area contributed by atoms with Gasteiger partial charge in [0.15, 0.2) is 0 Å². The average Bonchev–Trinajstić information content (AvgIpc) is 2.38. The van der Waals surface area contributed by atoms with Crippen LogP contribution in [0.2, 0.25) is 0 Å². The summed E-state index contributed by atoms with van der Waals surface area (Å²) in [5.74, 6) is 0.927. The molecule has 0 saturated heterocycles. The first-order chi connectivity index (χ1) is 9.11. The summed E-state index contributed by atoms with van der Waals surface area (Å²) in [6.45, 7) is 7.85. The standard InChI is InChI=1S/C15H24N2O2/c1-4-16-11-15(18)17-10-9-13-5-7-14(8-6-13)19-12(2)3/h5-8,12,16H,4,9-11H2,1-3H3,(H,17,18). The van der Waals surface area contributed by atoms with Gasteiger partial charge in [0, 0.05) is 6.54 Å². The van der Waals surface area contributed by atoms with Crippen molar-refractivity contribution in [3.63, 3.8) is 0 Å². The number of carbonyl (C=O) groups excluding carboxylic acids is 1. The first-order valence-corrected chi connectivity index (χ1v) is 6.84. The lowest BCUT2D eigenvalue weighted by Crippen LogP contribution is -2.34. The molecule has 0 heterocycles. The molecule has 1 aromatic rings. The molecule has 0 unspecified atom stereocenters. The molecule has 0 aliphatic heterocycles. The predicted octanol–water partition coefficient (Wildman–Crippen LogP) is 1.74. The summed E-state index contributed by atoms with van der Waals surface area (Å²) in [7, 11) is 0. The molecule has 0 radical (unpaired) electrons. The average molecular weight is 264 g/mol. The van der Waals surface area contributed by atoms with Gasteiger partial charge in [-0.1, -0.05) is 19.1 Å². The van der Waals surface area contributed by atoms with Crippen LogP contribution < -0.4 is 15.4 Å². The Morgan fingerprint density at radius 3 is 2.53 bits per heavy atom. The van der Waals surface area contributed by atoms with Crippen molar-refractivity contribution in [2.75, 3.05) is 19.6 Å². The molecule has 0 aliphatic rings. The second-order valence-corrected chi connectivity index (χ2v) is 4.69. The fraction of sp³-hybridized carbons (Fsp3) is 0.533. The van der Waals surface area contributed by atoms with Gasteiger partial charge in [-0.15, -0.1) is 0 Å². The smallest absolute Gasteiger partial charge is 0.233 e. The highest BCUT2D eigenvalue weighted by molar-refractivity contribution is 5.77. The monoisotopic (exact) mass is 264 g/mol. The molecule has 0 atom stereocenters. The van der Waals surface area contributed by atoms with E-state index in [0.717, 1.165) is 18.7 Å². The SMILES string of the molecule is CCNCC(=O)NCCc1ccc(OC(C)C)cc1. The molecule has 4 nitrogen and oxygen atoms in total. The van der Waals surface area contributed by atoms with Crippen LogP contribution in [0.4, 0.5) is 0 Å². The van der Waals surface area contributed by atoms with E-state index < -0.39 is 0 Å². The molecule has 4 heteroatoms. The molecule has 0 aromatic heterocycles. The Balaban J connectivity index is 2.28. The molecule has 0 aliphatic carbocycles. The van der Waals surface area contributed by atoms with E-state index in [2.05, 4.69) is 10.6 Å². The number of benzene rings is 1. The third-order valence-corrected chi connectivity index (χ3v) is 2.57. The Morgan fingerprint density at radius 1 is 1.26 bits per heavy atom. The van der Waals surface area contributed by atoms with Crippen molar-refractivity contribution in [3.05, 3.63) is 29.8 Å². The van der Waals surface area contributed by atoms with Gasteiger partial charge in [0.1, 0.15) is 5.75 Å². The first kappa shape index (κ1) is 15.5. The largest absolute Gasteiger partial charge is 0.491 e. The zero-order valence-electron chi connectivity index (χ0n) is 12.0. The number of nitrogens with one attached hydrogen (secondary N) is 2. The molecular weight excluding hydrogens is 240 g/mol. The molecule has 1 aromatic carbocycles. The number of hydrogen-bond acceptors (Lipinski definition) is 3. The second-order valence-electron chi connectivity index (χ2n) is 4.69. The van der Waals surface area contributed by atoms with Crippen LogP contribution in [0, 0.1) is 0 Å². The molecule has 0 fully saturated rings. The van der Waals surface area contributed by atoms with E-state index >= 15 is 0 Å². The van der Waals surface area contributed by atoms with Crippen LogP contribution in [0.5, 0.6) is 5.75 Å². The minimum atomic E-state index is 0.0432. The Labute approximate surface area is 115 Å². The molecule has 0 spiro atoms. The van der Waals surface area contributed by atoms with Gasteiger partial charge in [-0.3, -0.25) is 4.79 Å². The van der Waals surface area contributed by atoms with Crippen molar-refractivity contribution in [1.29, 1.82) is 0 Å². The van der Waals surface area contributed by atoms with E-state index in [1.54, 1.807) is 0 Å². The van der Waals surface area contributed by atoms with Gasteiger partial charge in [-0.05, 0) is 44.5 Å². The maximum absolute atomic E-state index is 11.4. The lowest BCUT2D eigenvalue weighted by atomic mass is 10.1. The van der Waals surface area contributed by atoms with E-state index in [4.69, 9.17) is 4.74 Å². The number of carbonyl (C=O) groups is 1. The quantitative estimate of drug-likeness (QED) is 0.752. The van der Waals surface area contributed by atoms with Crippen molar-refractivity contribution < 1.29 is 9.53 Å². The number of rotatable bonds is 8.